The minimum Gasteiger partial charge on any atom is -0.483 e. The van der Waals surface area contributed by atoms with Crippen LogP contribution in [0.3, 0.4) is 0 Å². The second-order valence-corrected chi connectivity index (χ2v) is 6.17. The second kappa shape index (κ2) is 8.47. The summed E-state index contributed by atoms with van der Waals surface area (Å²) in [4.78, 5) is 26.5. The zero-order valence-corrected chi connectivity index (χ0v) is 14.4. The van der Waals surface area contributed by atoms with Crippen LogP contribution in [0.4, 0.5) is 10.1 Å². The standard InChI is InChI=1S/C20H21FN2O3/c21-16-9-3-4-10-17(16)22-19(24)14-26-18-11-5-2-8-15(18)20(25)23-12-6-1-7-13-23/h2-5,8-11H,1,6-7,12-14H2,(H,22,24). The van der Waals surface area contributed by atoms with Gasteiger partial charge >= 0.3 is 0 Å². The van der Waals surface area contributed by atoms with Crippen molar-refractivity contribution in [2.45, 2.75) is 19.3 Å². The van der Waals surface area contributed by atoms with Gasteiger partial charge in [-0.15, -0.1) is 0 Å². The Morgan fingerprint density at radius 1 is 1.00 bits per heavy atom. The van der Waals surface area contributed by atoms with E-state index in [1.165, 1.54) is 12.1 Å². The van der Waals surface area contributed by atoms with Gasteiger partial charge in [-0.2, -0.15) is 0 Å². The first-order valence-electron chi connectivity index (χ1n) is 8.70. The van der Waals surface area contributed by atoms with Gasteiger partial charge in [-0.3, -0.25) is 9.59 Å². The van der Waals surface area contributed by atoms with Gasteiger partial charge in [-0.25, -0.2) is 4.39 Å². The molecule has 0 spiro atoms. The van der Waals surface area contributed by atoms with Gasteiger partial charge < -0.3 is 15.0 Å². The molecule has 1 saturated heterocycles. The minimum atomic E-state index is -0.512. The van der Waals surface area contributed by atoms with Crippen molar-refractivity contribution in [3.05, 3.63) is 59.9 Å². The van der Waals surface area contributed by atoms with Crippen molar-refractivity contribution in [3.63, 3.8) is 0 Å². The topological polar surface area (TPSA) is 58.6 Å². The maximum absolute atomic E-state index is 13.6. The number of likely N-dealkylation sites (tertiary alicyclic amines) is 1. The van der Waals surface area contributed by atoms with Crippen molar-refractivity contribution in [3.8, 4) is 5.75 Å². The number of anilines is 1. The number of para-hydroxylation sites is 2. The predicted octanol–water partition coefficient (Wildman–Crippen LogP) is 3.47. The van der Waals surface area contributed by atoms with Crippen LogP contribution in [0.5, 0.6) is 5.75 Å². The van der Waals surface area contributed by atoms with Crippen LogP contribution in [-0.2, 0) is 4.79 Å². The average molecular weight is 356 g/mol. The summed E-state index contributed by atoms with van der Waals surface area (Å²) in [6.45, 7) is 1.17. The lowest BCUT2D eigenvalue weighted by atomic mass is 10.1. The summed E-state index contributed by atoms with van der Waals surface area (Å²) in [5.74, 6) is -0.738. The Morgan fingerprint density at radius 2 is 1.69 bits per heavy atom. The summed E-state index contributed by atoms with van der Waals surface area (Å²) < 4.78 is 19.1. The van der Waals surface area contributed by atoms with E-state index in [9.17, 15) is 14.0 Å². The number of piperidine rings is 1. The number of amides is 2. The first-order chi connectivity index (χ1) is 12.6. The number of ether oxygens (including phenoxy) is 1. The molecule has 6 heteroatoms. The molecule has 2 aromatic rings. The van der Waals surface area contributed by atoms with Gasteiger partial charge in [0.15, 0.2) is 6.61 Å². The number of nitrogens with zero attached hydrogens (tertiary/aromatic N) is 1. The van der Waals surface area contributed by atoms with Crippen LogP contribution in [0.25, 0.3) is 0 Å². The summed E-state index contributed by atoms with van der Waals surface area (Å²) in [6.07, 6.45) is 3.14. The number of nitrogens with one attached hydrogen (secondary N) is 1. The minimum absolute atomic E-state index is 0.0881. The van der Waals surface area contributed by atoms with Crippen molar-refractivity contribution in [1.29, 1.82) is 0 Å². The normalized spacial score (nSPS) is 14.0. The quantitative estimate of drug-likeness (QED) is 0.892. The molecule has 2 amide bonds. The van der Waals surface area contributed by atoms with Gasteiger partial charge in [0.1, 0.15) is 11.6 Å². The summed E-state index contributed by atoms with van der Waals surface area (Å²) in [5, 5.41) is 2.46. The molecular formula is C20H21FN2O3. The van der Waals surface area contributed by atoms with Gasteiger partial charge in [-0.05, 0) is 43.5 Å². The van der Waals surface area contributed by atoms with Gasteiger partial charge in [-0.1, -0.05) is 24.3 Å². The zero-order valence-electron chi connectivity index (χ0n) is 14.4. The number of halogens is 1. The third kappa shape index (κ3) is 4.39. The first kappa shape index (κ1) is 17.9. The Balaban J connectivity index is 1.64. The van der Waals surface area contributed by atoms with Crippen molar-refractivity contribution in [2.24, 2.45) is 0 Å². The molecule has 0 unspecified atom stereocenters. The number of hydrogen-bond acceptors (Lipinski definition) is 3. The van der Waals surface area contributed by atoms with E-state index in [2.05, 4.69) is 5.32 Å². The molecule has 0 radical (unpaired) electrons. The highest BCUT2D eigenvalue weighted by atomic mass is 19.1. The smallest absolute Gasteiger partial charge is 0.262 e. The van der Waals surface area contributed by atoms with E-state index in [1.54, 1.807) is 36.4 Å². The summed E-state index contributed by atoms with van der Waals surface area (Å²) in [6, 6.07) is 12.8. The molecule has 1 aliphatic rings. The average Bonchev–Trinajstić information content (AvgIpc) is 2.68. The largest absolute Gasteiger partial charge is 0.483 e. The fraction of sp³-hybridized carbons (Fsp3) is 0.300. The van der Waals surface area contributed by atoms with E-state index in [0.29, 0.717) is 11.3 Å². The van der Waals surface area contributed by atoms with Crippen LogP contribution in [0, 0.1) is 5.82 Å². The van der Waals surface area contributed by atoms with E-state index >= 15 is 0 Å². The first-order valence-corrected chi connectivity index (χ1v) is 8.70. The Labute approximate surface area is 151 Å². The molecule has 1 aliphatic heterocycles. The molecule has 5 nitrogen and oxygen atoms in total. The molecule has 2 aromatic carbocycles. The second-order valence-electron chi connectivity index (χ2n) is 6.17. The maximum Gasteiger partial charge on any atom is 0.262 e. The molecule has 1 heterocycles. The molecule has 3 rings (SSSR count). The van der Waals surface area contributed by atoms with Crippen LogP contribution in [0.15, 0.2) is 48.5 Å². The third-order valence-corrected chi connectivity index (χ3v) is 4.27. The van der Waals surface area contributed by atoms with Crippen molar-refractivity contribution in [1.82, 2.24) is 4.90 Å². The molecule has 1 N–H and O–H groups in total. The Morgan fingerprint density at radius 3 is 2.46 bits per heavy atom. The molecule has 0 aliphatic carbocycles. The van der Waals surface area contributed by atoms with Crippen LogP contribution in [0.2, 0.25) is 0 Å². The predicted molar refractivity (Wildman–Crippen MR) is 96.7 cm³/mol. The van der Waals surface area contributed by atoms with Crippen molar-refractivity contribution < 1.29 is 18.7 Å². The Hall–Kier alpha value is -2.89. The molecule has 0 saturated carbocycles. The lowest BCUT2D eigenvalue weighted by Gasteiger charge is -2.27. The van der Waals surface area contributed by atoms with E-state index in [-0.39, 0.29) is 18.2 Å². The number of hydrogen-bond donors (Lipinski definition) is 1. The molecule has 136 valence electrons. The fourth-order valence-corrected chi connectivity index (χ4v) is 2.93. The van der Waals surface area contributed by atoms with Gasteiger partial charge in [0.2, 0.25) is 0 Å². The van der Waals surface area contributed by atoms with E-state index in [0.717, 1.165) is 32.4 Å². The van der Waals surface area contributed by atoms with Crippen LogP contribution in [-0.4, -0.2) is 36.4 Å². The number of rotatable bonds is 5. The molecule has 0 atom stereocenters. The van der Waals surface area contributed by atoms with Gasteiger partial charge in [0.05, 0.1) is 11.3 Å². The Bertz CT molecular complexity index is 788. The van der Waals surface area contributed by atoms with E-state index < -0.39 is 11.7 Å². The zero-order chi connectivity index (χ0) is 18.4. The summed E-state index contributed by atoms with van der Waals surface area (Å²) >= 11 is 0. The molecular weight excluding hydrogens is 335 g/mol. The molecule has 0 aromatic heterocycles. The number of benzene rings is 2. The summed E-state index contributed by atoms with van der Waals surface area (Å²) in [5.41, 5.74) is 0.534. The maximum atomic E-state index is 13.6. The molecule has 1 fully saturated rings. The highest BCUT2D eigenvalue weighted by molar-refractivity contribution is 5.97. The number of carbonyl (C=O) groups is 2. The third-order valence-electron chi connectivity index (χ3n) is 4.27. The summed E-state index contributed by atoms with van der Waals surface area (Å²) in [7, 11) is 0. The lowest BCUT2D eigenvalue weighted by Crippen LogP contribution is -2.35. The Kier molecular flexibility index (Phi) is 5.84. The van der Waals surface area contributed by atoms with Crippen LogP contribution in [0.1, 0.15) is 29.6 Å². The van der Waals surface area contributed by atoms with Crippen molar-refractivity contribution >= 4 is 17.5 Å². The molecule has 26 heavy (non-hydrogen) atoms. The van der Waals surface area contributed by atoms with E-state index in [1.807, 2.05) is 4.90 Å². The van der Waals surface area contributed by atoms with Crippen LogP contribution < -0.4 is 10.1 Å². The van der Waals surface area contributed by atoms with Crippen molar-refractivity contribution in [2.75, 3.05) is 25.0 Å². The lowest BCUT2D eigenvalue weighted by molar-refractivity contribution is -0.118. The van der Waals surface area contributed by atoms with E-state index in [4.69, 9.17) is 4.74 Å². The highest BCUT2D eigenvalue weighted by Crippen LogP contribution is 2.22. The number of carbonyl (C=O) groups excluding carboxylic acids is 2. The molecule has 0 bridgehead atoms. The van der Waals surface area contributed by atoms with Crippen LogP contribution >= 0.6 is 0 Å². The SMILES string of the molecule is O=C(COc1ccccc1C(=O)N1CCCCC1)Nc1ccccc1F. The van der Waals surface area contributed by atoms with Gasteiger partial charge in [0, 0.05) is 13.1 Å². The van der Waals surface area contributed by atoms with Gasteiger partial charge in [0.25, 0.3) is 11.8 Å². The fourth-order valence-electron chi connectivity index (χ4n) is 2.93. The monoisotopic (exact) mass is 356 g/mol. The highest BCUT2D eigenvalue weighted by Gasteiger charge is 2.21.